The number of nitrogens with zero attached hydrogens (tertiary/aromatic N) is 4. The number of aromatic nitrogens is 4. The van der Waals surface area contributed by atoms with Gasteiger partial charge in [0.05, 0.1) is 11.0 Å². The molecular formula is C48H34N4. The fraction of sp³-hybridized carbons (Fsp3) is 0.0625. The van der Waals surface area contributed by atoms with Crippen molar-refractivity contribution in [2.45, 2.75) is 13.3 Å². The van der Waals surface area contributed by atoms with Gasteiger partial charge >= 0.3 is 0 Å². The lowest BCUT2D eigenvalue weighted by atomic mass is 9.92. The third-order valence-electron chi connectivity index (χ3n) is 10.4. The Morgan fingerprint density at radius 1 is 0.519 bits per heavy atom. The van der Waals surface area contributed by atoms with Crippen molar-refractivity contribution in [1.82, 2.24) is 19.5 Å². The molecule has 0 amide bonds. The molecule has 1 aliphatic rings. The lowest BCUT2D eigenvalue weighted by Gasteiger charge is -2.16. The Hall–Kier alpha value is -6.65. The van der Waals surface area contributed by atoms with Crippen LogP contribution >= 0.6 is 0 Å². The molecule has 0 radical (unpaired) electrons. The number of hydrogen-bond acceptors (Lipinski definition) is 3. The Bertz CT molecular complexity index is 2880. The molecule has 10 rings (SSSR count). The summed E-state index contributed by atoms with van der Waals surface area (Å²) in [5.74, 6) is 2.52. The van der Waals surface area contributed by atoms with E-state index in [0.717, 1.165) is 45.3 Å². The van der Waals surface area contributed by atoms with Gasteiger partial charge in [0.15, 0.2) is 17.5 Å². The summed E-state index contributed by atoms with van der Waals surface area (Å²) in [4.78, 5) is 15.3. The van der Waals surface area contributed by atoms with Gasteiger partial charge in [-0.15, -0.1) is 0 Å². The first-order chi connectivity index (χ1) is 25.7. The normalized spacial score (nSPS) is 14.4. The smallest absolute Gasteiger partial charge is 0.164 e. The molecule has 1 unspecified atom stereocenters. The van der Waals surface area contributed by atoms with Crippen LogP contribution in [0.2, 0.25) is 0 Å². The van der Waals surface area contributed by atoms with Gasteiger partial charge in [-0.1, -0.05) is 153 Å². The maximum Gasteiger partial charge on any atom is 0.164 e. The predicted molar refractivity (Wildman–Crippen MR) is 216 cm³/mol. The van der Waals surface area contributed by atoms with Crippen molar-refractivity contribution in [3.63, 3.8) is 0 Å². The van der Waals surface area contributed by atoms with Gasteiger partial charge in [-0.25, -0.2) is 15.0 Å². The Kier molecular flexibility index (Phi) is 7.14. The zero-order valence-electron chi connectivity index (χ0n) is 28.7. The van der Waals surface area contributed by atoms with Crippen molar-refractivity contribution in [1.29, 1.82) is 0 Å². The van der Waals surface area contributed by atoms with Gasteiger partial charge in [0.25, 0.3) is 0 Å². The summed E-state index contributed by atoms with van der Waals surface area (Å²) < 4.78 is 2.41. The molecule has 4 nitrogen and oxygen atoms in total. The van der Waals surface area contributed by atoms with Crippen LogP contribution in [0.1, 0.15) is 19.2 Å². The molecule has 9 aromatic rings. The first-order valence-corrected chi connectivity index (χ1v) is 17.9. The molecule has 1 atom stereocenters. The topological polar surface area (TPSA) is 43.6 Å². The first-order valence-electron chi connectivity index (χ1n) is 17.9. The molecule has 0 spiro atoms. The molecular weight excluding hydrogens is 633 g/mol. The minimum Gasteiger partial charge on any atom is -0.309 e. The maximum absolute atomic E-state index is 5.18. The van der Waals surface area contributed by atoms with Crippen molar-refractivity contribution in [3.8, 4) is 39.6 Å². The monoisotopic (exact) mass is 666 g/mol. The summed E-state index contributed by atoms with van der Waals surface area (Å²) in [5, 5.41) is 7.31. The summed E-state index contributed by atoms with van der Waals surface area (Å²) in [6.45, 7) is 2.23. The predicted octanol–water partition coefficient (Wildman–Crippen LogP) is 12.3. The molecule has 4 heteroatoms. The highest BCUT2D eigenvalue weighted by atomic mass is 15.0. The largest absolute Gasteiger partial charge is 0.309 e. The highest BCUT2D eigenvalue weighted by Crippen LogP contribution is 2.40. The zero-order chi connectivity index (χ0) is 34.6. The number of fused-ring (bicyclic) bond motifs is 6. The molecule has 0 fully saturated rings. The van der Waals surface area contributed by atoms with E-state index in [0.29, 0.717) is 23.4 Å². The van der Waals surface area contributed by atoms with Crippen LogP contribution in [0.3, 0.4) is 0 Å². The van der Waals surface area contributed by atoms with Crippen molar-refractivity contribution < 1.29 is 0 Å². The third kappa shape index (κ3) is 5.03. The molecule has 7 aromatic carbocycles. The van der Waals surface area contributed by atoms with E-state index in [9.17, 15) is 0 Å². The minimum absolute atomic E-state index is 0.495. The number of hydrogen-bond donors (Lipinski definition) is 0. The van der Waals surface area contributed by atoms with Gasteiger partial charge in [0.1, 0.15) is 0 Å². The van der Waals surface area contributed by atoms with E-state index in [1.54, 1.807) is 0 Å². The summed E-state index contributed by atoms with van der Waals surface area (Å²) in [6.07, 6.45) is 7.60. The minimum atomic E-state index is 0.495. The van der Waals surface area contributed by atoms with E-state index >= 15 is 0 Å². The van der Waals surface area contributed by atoms with Crippen LogP contribution in [-0.4, -0.2) is 19.5 Å². The Morgan fingerprint density at radius 3 is 1.96 bits per heavy atom. The third-order valence-corrected chi connectivity index (χ3v) is 10.4. The van der Waals surface area contributed by atoms with E-state index in [1.165, 1.54) is 38.0 Å². The van der Waals surface area contributed by atoms with Gasteiger partial charge in [-0.3, -0.25) is 0 Å². The van der Waals surface area contributed by atoms with Crippen LogP contribution in [0.15, 0.2) is 170 Å². The average molecular weight is 667 g/mol. The molecule has 0 aliphatic heterocycles. The maximum atomic E-state index is 5.18. The molecule has 0 N–H and O–H groups in total. The van der Waals surface area contributed by atoms with Crippen molar-refractivity contribution in [3.05, 3.63) is 176 Å². The second kappa shape index (κ2) is 12.3. The van der Waals surface area contributed by atoms with Gasteiger partial charge in [-0.2, -0.15) is 0 Å². The number of allylic oxidation sites excluding steroid dienone is 4. The summed E-state index contributed by atoms with van der Waals surface area (Å²) in [6, 6.07) is 54.0. The summed E-state index contributed by atoms with van der Waals surface area (Å²) >= 11 is 0. The zero-order valence-corrected chi connectivity index (χ0v) is 28.7. The fourth-order valence-corrected chi connectivity index (χ4v) is 7.78. The summed E-state index contributed by atoms with van der Waals surface area (Å²) in [7, 11) is 0. The van der Waals surface area contributed by atoms with Gasteiger partial charge < -0.3 is 4.57 Å². The van der Waals surface area contributed by atoms with Crippen molar-refractivity contribution in [2.24, 2.45) is 5.92 Å². The van der Waals surface area contributed by atoms with Gasteiger partial charge in [0.2, 0.25) is 0 Å². The number of benzene rings is 7. The fourth-order valence-electron chi connectivity index (χ4n) is 7.78. The summed E-state index contributed by atoms with van der Waals surface area (Å²) in [5.41, 5.74) is 8.72. The highest BCUT2D eigenvalue weighted by molar-refractivity contribution is 6.18. The molecule has 0 saturated heterocycles. The molecule has 0 bridgehead atoms. The van der Waals surface area contributed by atoms with Crippen molar-refractivity contribution >= 4 is 48.9 Å². The molecule has 2 aromatic heterocycles. The van der Waals surface area contributed by atoms with Crippen LogP contribution in [0.25, 0.3) is 88.5 Å². The first kappa shape index (κ1) is 30.2. The van der Waals surface area contributed by atoms with E-state index in [1.807, 2.05) is 18.2 Å². The Labute approximate surface area is 302 Å². The molecule has 0 saturated carbocycles. The van der Waals surface area contributed by atoms with Crippen LogP contribution in [0, 0.1) is 5.92 Å². The highest BCUT2D eigenvalue weighted by Gasteiger charge is 2.20. The van der Waals surface area contributed by atoms with E-state index in [4.69, 9.17) is 15.0 Å². The molecule has 52 heavy (non-hydrogen) atoms. The van der Waals surface area contributed by atoms with E-state index in [-0.39, 0.29) is 0 Å². The Morgan fingerprint density at radius 2 is 1.17 bits per heavy atom. The SMILES string of the molecule is CC1C=CC(c2nc(-c3ccccc3)nc(-c3ccc4ccccc4c3-c3ccc(-n4c5ccccc5c5ccc6ccccc6c54)cc3)n2)=CC1. The van der Waals surface area contributed by atoms with Crippen LogP contribution in [0.5, 0.6) is 0 Å². The average Bonchev–Trinajstić information content (AvgIpc) is 3.56. The number of para-hydroxylation sites is 1. The van der Waals surface area contributed by atoms with E-state index < -0.39 is 0 Å². The van der Waals surface area contributed by atoms with Crippen LogP contribution in [-0.2, 0) is 0 Å². The molecule has 246 valence electrons. The Balaban J connectivity index is 1.18. The van der Waals surface area contributed by atoms with Crippen LogP contribution < -0.4 is 0 Å². The lowest BCUT2D eigenvalue weighted by molar-refractivity contribution is 0.738. The second-order valence-corrected chi connectivity index (χ2v) is 13.7. The second-order valence-electron chi connectivity index (χ2n) is 13.7. The molecule has 2 heterocycles. The standard InChI is InChI=1S/C48H34N4/c1-31-19-21-36(22-20-31)47-49-46(35-13-3-2-4-14-35)50-48(51-47)42-30-26-32-11-5-7-15-38(32)44(42)34-23-27-37(28-24-34)52-43-18-10-9-17-40(43)41-29-25-33-12-6-8-16-39(33)45(41)52/h2-19,21-31H,20H2,1H3. The van der Waals surface area contributed by atoms with E-state index in [2.05, 4.69) is 163 Å². The van der Waals surface area contributed by atoms with Gasteiger partial charge in [0, 0.05) is 44.1 Å². The van der Waals surface area contributed by atoms with Crippen LogP contribution in [0.4, 0.5) is 0 Å². The number of rotatable bonds is 5. The van der Waals surface area contributed by atoms with Gasteiger partial charge in [-0.05, 0) is 58.3 Å². The quantitative estimate of drug-likeness (QED) is 0.184. The van der Waals surface area contributed by atoms with Crippen molar-refractivity contribution in [2.75, 3.05) is 0 Å². The molecule has 1 aliphatic carbocycles. The lowest BCUT2D eigenvalue weighted by Crippen LogP contribution is -2.05.